The number of rotatable bonds is 28. The van der Waals surface area contributed by atoms with Crippen molar-refractivity contribution in [3.63, 3.8) is 0 Å². The van der Waals surface area contributed by atoms with Gasteiger partial charge in [0.15, 0.2) is 11.9 Å². The lowest BCUT2D eigenvalue weighted by Gasteiger charge is -2.52. The first-order valence-corrected chi connectivity index (χ1v) is 26.9. The van der Waals surface area contributed by atoms with Crippen molar-refractivity contribution in [1.82, 2.24) is 0 Å². The van der Waals surface area contributed by atoms with Gasteiger partial charge in [-0.1, -0.05) is 110 Å². The number of esters is 5. The molecule has 3 fully saturated rings. The number of halogens is 1. The van der Waals surface area contributed by atoms with E-state index in [1.54, 1.807) is 27.7 Å². The average Bonchev–Trinajstić information content (AvgIpc) is 3.36. The highest BCUT2D eigenvalue weighted by Gasteiger charge is 2.58. The number of hydrogen-bond donors (Lipinski definition) is 1. The summed E-state index contributed by atoms with van der Waals surface area (Å²) in [5.41, 5.74) is -1.42. The van der Waals surface area contributed by atoms with Gasteiger partial charge in [0.05, 0.1) is 64.2 Å². The average molecular weight is 1080 g/mol. The van der Waals surface area contributed by atoms with Crippen LogP contribution in [0.4, 0.5) is 0 Å². The molecule has 20 heteroatoms. The van der Waals surface area contributed by atoms with Gasteiger partial charge in [-0.3, -0.25) is 24.0 Å². The van der Waals surface area contributed by atoms with E-state index < -0.39 is 102 Å². The van der Waals surface area contributed by atoms with Crippen LogP contribution in [-0.4, -0.2) is 130 Å². The van der Waals surface area contributed by atoms with Gasteiger partial charge in [-0.2, -0.15) is 0 Å². The van der Waals surface area contributed by atoms with Crippen LogP contribution in [0.15, 0.2) is 54.1 Å². The van der Waals surface area contributed by atoms with Crippen molar-refractivity contribution in [1.29, 1.82) is 1.34 Å². The van der Waals surface area contributed by atoms with E-state index in [0.717, 1.165) is 44.1 Å². The lowest BCUT2D eigenvalue weighted by Crippen LogP contribution is -2.62. The van der Waals surface area contributed by atoms with E-state index in [2.05, 4.69) is 20.8 Å². The van der Waals surface area contributed by atoms with Gasteiger partial charge >= 0.3 is 29.8 Å². The van der Waals surface area contributed by atoms with Crippen LogP contribution in [0, 0.1) is 28.6 Å². The number of hydrogen-bond acceptors (Lipinski definition) is 18. The Bertz CT molecular complexity index is 2090. The lowest BCUT2D eigenvalue weighted by molar-refractivity contribution is -0.342. The fraction of sp³-hybridized carbons (Fsp3) is 0.704. The molecule has 0 amide bonds. The first-order chi connectivity index (χ1) is 35.4. The molecule has 74 heavy (non-hydrogen) atoms. The van der Waals surface area contributed by atoms with Crippen molar-refractivity contribution in [2.75, 3.05) is 26.2 Å². The van der Waals surface area contributed by atoms with E-state index >= 15 is 0 Å². The molecule has 2 aliphatic heterocycles. The zero-order valence-electron chi connectivity index (χ0n) is 45.7. The molecule has 0 bridgehead atoms. The van der Waals surface area contributed by atoms with E-state index in [0.29, 0.717) is 43.0 Å². The van der Waals surface area contributed by atoms with Gasteiger partial charge in [0.25, 0.3) is 0 Å². The third kappa shape index (κ3) is 17.9. The molecule has 17 nitrogen and oxygen atoms in total. The maximum absolute atomic E-state index is 14.2. The van der Waals surface area contributed by atoms with Gasteiger partial charge in [-0.15, -0.1) is 11.6 Å². The van der Waals surface area contributed by atoms with Gasteiger partial charge in [0.1, 0.15) is 24.4 Å². The molecular weight excluding hydrogens is 999 g/mol. The van der Waals surface area contributed by atoms with Crippen LogP contribution < -0.4 is 0 Å². The molecule has 1 radical (unpaired) electrons. The van der Waals surface area contributed by atoms with Gasteiger partial charge in [-0.25, -0.2) is 4.79 Å². The van der Waals surface area contributed by atoms with Gasteiger partial charge < -0.3 is 51.9 Å². The van der Waals surface area contributed by atoms with Crippen molar-refractivity contribution < 1.29 is 80.7 Å². The summed E-state index contributed by atoms with van der Waals surface area (Å²) in [6.45, 7) is 17.0. The summed E-state index contributed by atoms with van der Waals surface area (Å²) in [7, 11) is 2.07. The molecular formula is C54H79BClO17S. The zero-order valence-corrected chi connectivity index (χ0v) is 46.3. The quantitative estimate of drug-likeness (QED) is 0.0160. The maximum atomic E-state index is 14.2. The second kappa shape index (κ2) is 29.1. The second-order valence-electron chi connectivity index (χ2n) is 21.2. The number of alkyl halides is 1. The lowest BCUT2D eigenvalue weighted by atomic mass is 9.72. The number of aldehydes is 1. The molecule has 3 aliphatic rings. The van der Waals surface area contributed by atoms with Crippen molar-refractivity contribution in [3.05, 3.63) is 59.7 Å². The maximum Gasteiger partial charge on any atom is 0.330 e. The van der Waals surface area contributed by atoms with E-state index in [9.17, 15) is 33.9 Å². The fourth-order valence-corrected chi connectivity index (χ4v) is 10.2. The fourth-order valence-electron chi connectivity index (χ4n) is 9.87. The molecule has 1 aromatic carbocycles. The Morgan fingerprint density at radius 3 is 2.31 bits per heavy atom. The van der Waals surface area contributed by atoms with Crippen LogP contribution in [0.2, 0.25) is 0 Å². The minimum atomic E-state index is -2.40. The summed E-state index contributed by atoms with van der Waals surface area (Å²) in [5, 5.41) is 12.6. The number of benzene rings is 1. The van der Waals surface area contributed by atoms with E-state index in [1.165, 1.54) is 13.2 Å². The van der Waals surface area contributed by atoms with Gasteiger partial charge in [0.2, 0.25) is 12.9 Å². The second-order valence-corrected chi connectivity index (χ2v) is 21.9. The molecule has 1 N–H and O–H groups in total. The van der Waals surface area contributed by atoms with Crippen LogP contribution >= 0.6 is 23.5 Å². The number of allylic oxidation sites excluding steroid dienone is 1. The highest BCUT2D eigenvalue weighted by molar-refractivity contribution is 8.15. The van der Waals surface area contributed by atoms with E-state index in [4.69, 9.17) is 59.8 Å². The number of carbonyl (C=O) groups excluding carboxylic acids is 6. The molecule has 1 saturated carbocycles. The van der Waals surface area contributed by atoms with Crippen LogP contribution in [0.1, 0.15) is 132 Å². The predicted molar refractivity (Wildman–Crippen MR) is 277 cm³/mol. The first-order valence-electron chi connectivity index (χ1n) is 26.1. The summed E-state index contributed by atoms with van der Waals surface area (Å²) in [6, 6.07) is 9.28. The molecule has 0 aromatic heterocycles. The van der Waals surface area contributed by atoms with Crippen molar-refractivity contribution >= 4 is 66.7 Å². The minimum Gasteiger partial charge on any atom is -0.466 e. The molecule has 1 aromatic rings. The van der Waals surface area contributed by atoms with Crippen LogP contribution in [0.3, 0.4) is 0 Å². The Hall–Kier alpha value is -3.82. The summed E-state index contributed by atoms with van der Waals surface area (Å²) in [4.78, 5) is 77.9. The Morgan fingerprint density at radius 1 is 0.973 bits per heavy atom. The normalized spacial score (nSPS) is 26.9. The number of carbonyl (C=O) groups is 6. The van der Waals surface area contributed by atoms with Crippen molar-refractivity contribution in [2.24, 2.45) is 28.6 Å². The molecule has 4 rings (SSSR count). The van der Waals surface area contributed by atoms with Crippen LogP contribution in [0.25, 0.3) is 0 Å². The standard InChI is InChI=1S/C54H79BClO17S/c1-11-45(58)70-50-38(25-46(59)64-10)24-40(72-54(50,63)52(8,9)21-15-22-57)26-43(36(5)65-32-37-16-13-12-14-17-37)68-47(60)28-41(73-74-55)29-48(61)69-44(51(6,7)33-66-49(62)31-56)27-39-20-23-67-53(71-39)30-35(4)18-19-42(53)34(2)3/h12-17,21-22,25,34-36,39-44,50,55,63H,11,18-20,23-24,26-33H2,1-10H3/t35-,36+,39+,40?,41+,42+,43-,44+,50+,53?,54?/m1/s1/i55T. The largest absolute Gasteiger partial charge is 0.466 e. The smallest absolute Gasteiger partial charge is 0.330 e. The molecule has 2 heterocycles. The number of ether oxygens (including phenoxy) is 9. The Kier molecular flexibility index (Phi) is 24.0. The van der Waals surface area contributed by atoms with E-state index in [-0.39, 0.29) is 62.4 Å². The predicted octanol–water partition coefficient (Wildman–Crippen LogP) is 7.91. The highest BCUT2D eigenvalue weighted by Crippen LogP contribution is 2.49. The third-order valence-electron chi connectivity index (χ3n) is 14.2. The van der Waals surface area contributed by atoms with Crippen LogP contribution in [0.5, 0.6) is 0 Å². The van der Waals surface area contributed by atoms with Gasteiger partial charge in [0, 0.05) is 48.5 Å². The van der Waals surface area contributed by atoms with Gasteiger partial charge in [-0.05, 0) is 56.6 Å². The van der Waals surface area contributed by atoms with E-state index in [1.807, 2.05) is 44.2 Å². The Balaban J connectivity index is 1.63. The zero-order chi connectivity index (χ0) is 55.6. The summed E-state index contributed by atoms with van der Waals surface area (Å²) >= 11 is 6.38. The van der Waals surface area contributed by atoms with Crippen molar-refractivity contribution in [2.45, 2.75) is 187 Å². The monoisotopic (exact) mass is 1080 g/mol. The molecule has 1 aliphatic carbocycles. The first kappa shape index (κ1) is 61.0. The highest BCUT2D eigenvalue weighted by atomic mass is 35.5. The Morgan fingerprint density at radius 2 is 1.68 bits per heavy atom. The number of methoxy groups -OCH3 is 1. The number of aliphatic hydroxyl groups is 1. The molecule has 2 saturated heterocycles. The third-order valence-corrected chi connectivity index (χ3v) is 14.8. The summed E-state index contributed by atoms with van der Waals surface area (Å²) in [5.74, 6) is -6.43. The molecule has 413 valence electrons. The summed E-state index contributed by atoms with van der Waals surface area (Å²) < 4.78 is 68.2. The molecule has 11 atom stereocenters. The molecule has 1 spiro atoms. The van der Waals surface area contributed by atoms with Crippen molar-refractivity contribution in [3.8, 4) is 0 Å². The topological polar surface area (TPSA) is 215 Å². The molecule has 3 unspecified atom stereocenters. The minimum absolute atomic E-state index is 0.0733. The summed E-state index contributed by atoms with van der Waals surface area (Å²) in [6.07, 6.45) is -0.557. The SMILES string of the molecule is [3H][B]SO[C@H](CC(=O)O[C@@H](C[C@@H]1CCOC2(C[C@H](C)CC[C@H]2C(C)C)O1)C(C)(C)COC(=O)CCl)CC(=O)O[C@H](CC1CC(=CC(=O)OC)[C@H](OC(=O)CC)C(O)(C(C)(C)C=CC=O)O1)[C@H](C)OCc1ccccc1. The Labute approximate surface area is 448 Å². The van der Waals surface area contributed by atoms with Crippen LogP contribution in [-0.2, 0) is 82.2 Å².